The van der Waals surface area contributed by atoms with E-state index < -0.39 is 0 Å². The molecule has 2 heteroatoms. The molecule has 2 nitrogen and oxygen atoms in total. The quantitative estimate of drug-likeness (QED) is 0.286. The highest BCUT2D eigenvalue weighted by Crippen LogP contribution is 2.61. The van der Waals surface area contributed by atoms with E-state index in [-0.39, 0.29) is 16.8 Å². The number of carbonyl (C=O) groups is 1. The van der Waals surface area contributed by atoms with Gasteiger partial charge in [0.05, 0.1) is 12.0 Å². The van der Waals surface area contributed by atoms with Crippen molar-refractivity contribution in [3.05, 3.63) is 0 Å². The minimum atomic E-state index is -0.175. The summed E-state index contributed by atoms with van der Waals surface area (Å²) in [6, 6.07) is 0. The van der Waals surface area contributed by atoms with Crippen molar-refractivity contribution < 1.29 is 9.53 Å². The Labute approximate surface area is 180 Å². The Hall–Kier alpha value is -0.530. The predicted octanol–water partition coefficient (Wildman–Crippen LogP) is 8.23. The number of hydrogen-bond acceptors (Lipinski definition) is 2. The zero-order valence-electron chi connectivity index (χ0n) is 19.6. The molecule has 0 bridgehead atoms. The topological polar surface area (TPSA) is 26.3 Å². The van der Waals surface area contributed by atoms with Gasteiger partial charge in [-0.15, -0.1) is 0 Å². The highest BCUT2D eigenvalue weighted by molar-refractivity contribution is 5.78. The lowest BCUT2D eigenvalue weighted by Crippen LogP contribution is -2.52. The number of carbonyl (C=O) groups excluding carboxylic acids is 1. The van der Waals surface area contributed by atoms with Gasteiger partial charge in [-0.25, -0.2) is 0 Å². The average molecular weight is 405 g/mol. The number of hydrogen-bond donors (Lipinski definition) is 0. The number of unbranched alkanes of at least 4 members (excludes halogenated alkanes) is 2. The van der Waals surface area contributed by atoms with Crippen molar-refractivity contribution in [2.45, 2.75) is 136 Å². The summed E-state index contributed by atoms with van der Waals surface area (Å²) in [6.45, 7) is 5.12. The predicted molar refractivity (Wildman–Crippen MR) is 122 cm³/mol. The molecule has 29 heavy (non-hydrogen) atoms. The van der Waals surface area contributed by atoms with E-state index in [0.29, 0.717) is 6.61 Å². The number of rotatable bonds is 9. The molecule has 0 N–H and O–H groups in total. The fourth-order valence-electron chi connectivity index (χ4n) is 7.31. The average Bonchev–Trinajstić information content (AvgIpc) is 2.79. The van der Waals surface area contributed by atoms with Gasteiger partial charge >= 0.3 is 5.97 Å². The molecule has 0 aromatic rings. The van der Waals surface area contributed by atoms with Crippen molar-refractivity contribution in [2.75, 3.05) is 6.61 Å². The lowest BCUT2D eigenvalue weighted by Gasteiger charge is -2.55. The third-order valence-corrected chi connectivity index (χ3v) is 9.16. The Morgan fingerprint density at radius 2 is 1.34 bits per heavy atom. The first-order valence-corrected chi connectivity index (χ1v) is 13.3. The van der Waals surface area contributed by atoms with Gasteiger partial charge in [0.1, 0.15) is 0 Å². The second kappa shape index (κ2) is 11.2. The second-order valence-electron chi connectivity index (χ2n) is 10.8. The van der Waals surface area contributed by atoms with Crippen LogP contribution in [0.3, 0.4) is 0 Å². The van der Waals surface area contributed by atoms with E-state index in [1.54, 1.807) is 0 Å². The lowest BCUT2D eigenvalue weighted by molar-refractivity contribution is -0.175. The number of esters is 1. The van der Waals surface area contributed by atoms with Crippen molar-refractivity contribution >= 4 is 5.97 Å². The number of ether oxygens (including phenoxy) is 1. The summed E-state index contributed by atoms with van der Waals surface area (Å²) in [5.41, 5.74) is 0.0452. The zero-order chi connectivity index (χ0) is 20.6. The summed E-state index contributed by atoms with van der Waals surface area (Å²) in [4.78, 5) is 13.6. The van der Waals surface area contributed by atoms with Gasteiger partial charge in [0.2, 0.25) is 0 Å². The normalized spacial score (nSPS) is 30.8. The van der Waals surface area contributed by atoms with E-state index in [1.807, 2.05) is 0 Å². The van der Waals surface area contributed by atoms with Crippen molar-refractivity contribution in [2.24, 2.45) is 22.7 Å². The first kappa shape index (κ1) is 23.1. The standard InChI is InChI=1S/C27H48O2/c1-3-5-17-26(20-15-24(16-21-26)23-13-9-7-10-14-23)27(18-11-8-12-19-27)25(28)29-22-6-4-2/h23-24H,3-22H2,1-2H3. The van der Waals surface area contributed by atoms with Crippen LogP contribution in [-0.2, 0) is 9.53 Å². The van der Waals surface area contributed by atoms with Crippen LogP contribution < -0.4 is 0 Å². The van der Waals surface area contributed by atoms with Crippen LogP contribution in [0.5, 0.6) is 0 Å². The zero-order valence-corrected chi connectivity index (χ0v) is 19.6. The fraction of sp³-hybridized carbons (Fsp3) is 0.963. The maximum atomic E-state index is 13.6. The SMILES string of the molecule is CCCCOC(=O)C1(C2(CCCC)CCC(C3CCCCC3)CC2)CCCCC1. The van der Waals surface area contributed by atoms with Gasteiger partial charge in [0, 0.05) is 0 Å². The van der Waals surface area contributed by atoms with Gasteiger partial charge in [-0.3, -0.25) is 4.79 Å². The van der Waals surface area contributed by atoms with Crippen molar-refractivity contribution in [1.29, 1.82) is 0 Å². The molecule has 3 aliphatic carbocycles. The largest absolute Gasteiger partial charge is 0.465 e. The Morgan fingerprint density at radius 1 is 0.759 bits per heavy atom. The summed E-state index contributed by atoms with van der Waals surface area (Å²) in [5, 5.41) is 0. The first-order valence-electron chi connectivity index (χ1n) is 13.3. The molecule has 0 spiro atoms. The smallest absolute Gasteiger partial charge is 0.312 e. The highest BCUT2D eigenvalue weighted by atomic mass is 16.5. The minimum absolute atomic E-state index is 0.175. The highest BCUT2D eigenvalue weighted by Gasteiger charge is 2.57. The van der Waals surface area contributed by atoms with Crippen LogP contribution in [-0.4, -0.2) is 12.6 Å². The fourth-order valence-corrected chi connectivity index (χ4v) is 7.31. The molecule has 0 unspecified atom stereocenters. The molecule has 168 valence electrons. The Kier molecular flexibility index (Phi) is 8.93. The van der Waals surface area contributed by atoms with Gasteiger partial charge < -0.3 is 4.74 Å². The van der Waals surface area contributed by atoms with E-state index in [1.165, 1.54) is 96.3 Å². The van der Waals surface area contributed by atoms with Crippen LogP contribution in [0, 0.1) is 22.7 Å². The van der Waals surface area contributed by atoms with E-state index in [9.17, 15) is 4.79 Å². The molecule has 3 saturated carbocycles. The van der Waals surface area contributed by atoms with Crippen LogP contribution in [0.2, 0.25) is 0 Å². The summed E-state index contributed by atoms with van der Waals surface area (Å²) in [5.74, 6) is 2.10. The molecule has 0 radical (unpaired) electrons. The van der Waals surface area contributed by atoms with E-state index in [4.69, 9.17) is 4.74 Å². The monoisotopic (exact) mass is 404 g/mol. The summed E-state index contributed by atoms with van der Waals surface area (Å²) >= 11 is 0. The van der Waals surface area contributed by atoms with Crippen LogP contribution in [0.25, 0.3) is 0 Å². The van der Waals surface area contributed by atoms with E-state index in [0.717, 1.165) is 37.5 Å². The molecule has 3 aliphatic rings. The molecule has 0 aliphatic heterocycles. The Morgan fingerprint density at radius 3 is 1.97 bits per heavy atom. The van der Waals surface area contributed by atoms with Gasteiger partial charge in [0.15, 0.2) is 0 Å². The van der Waals surface area contributed by atoms with Crippen molar-refractivity contribution in [3.63, 3.8) is 0 Å². The molecule has 3 rings (SSSR count). The molecule has 0 amide bonds. The maximum Gasteiger partial charge on any atom is 0.312 e. The summed E-state index contributed by atoms with van der Waals surface area (Å²) < 4.78 is 5.99. The summed E-state index contributed by atoms with van der Waals surface area (Å²) in [6.07, 6.45) is 24.4. The molecule has 0 aromatic carbocycles. The van der Waals surface area contributed by atoms with Crippen molar-refractivity contribution in [1.82, 2.24) is 0 Å². The lowest BCUT2D eigenvalue weighted by atomic mass is 9.49. The van der Waals surface area contributed by atoms with Gasteiger partial charge in [-0.2, -0.15) is 0 Å². The third kappa shape index (κ3) is 5.21. The van der Waals surface area contributed by atoms with Crippen LogP contribution in [0.15, 0.2) is 0 Å². The second-order valence-corrected chi connectivity index (χ2v) is 10.8. The third-order valence-electron chi connectivity index (χ3n) is 9.16. The molecule has 0 heterocycles. The first-order chi connectivity index (χ1) is 14.2. The maximum absolute atomic E-state index is 13.6. The van der Waals surface area contributed by atoms with E-state index in [2.05, 4.69) is 13.8 Å². The molecule has 0 atom stereocenters. The minimum Gasteiger partial charge on any atom is -0.465 e. The van der Waals surface area contributed by atoms with Gasteiger partial charge in [-0.1, -0.05) is 84.5 Å². The van der Waals surface area contributed by atoms with Gasteiger partial charge in [-0.05, 0) is 68.6 Å². The van der Waals surface area contributed by atoms with Crippen LogP contribution >= 0.6 is 0 Å². The molecule has 0 saturated heterocycles. The van der Waals surface area contributed by atoms with Crippen molar-refractivity contribution in [3.8, 4) is 0 Å². The molecule has 3 fully saturated rings. The van der Waals surface area contributed by atoms with E-state index >= 15 is 0 Å². The Bertz CT molecular complexity index is 477. The summed E-state index contributed by atoms with van der Waals surface area (Å²) in [7, 11) is 0. The molecule has 0 aromatic heterocycles. The van der Waals surface area contributed by atoms with Gasteiger partial charge in [0.25, 0.3) is 0 Å². The van der Waals surface area contributed by atoms with Crippen LogP contribution in [0.4, 0.5) is 0 Å². The van der Waals surface area contributed by atoms with Crippen LogP contribution in [0.1, 0.15) is 136 Å². The Balaban J connectivity index is 1.77. The molecular formula is C27H48O2. The molecular weight excluding hydrogens is 356 g/mol.